The third-order valence-electron chi connectivity index (χ3n) is 3.81. The largest absolute Gasteiger partial charge is 0.354 e. The molecule has 3 rings (SSSR count). The zero-order valence-electron chi connectivity index (χ0n) is 12.2. The van der Waals surface area contributed by atoms with E-state index in [1.807, 2.05) is 24.5 Å². The first-order chi connectivity index (χ1) is 10.3. The number of benzene rings is 1. The molecule has 0 fully saturated rings. The zero-order chi connectivity index (χ0) is 14.7. The average molecular weight is 280 g/mol. The Labute approximate surface area is 124 Å². The number of rotatable bonds is 5. The summed E-state index contributed by atoms with van der Waals surface area (Å²) in [6, 6.07) is 14.6. The van der Waals surface area contributed by atoms with E-state index in [-0.39, 0.29) is 0 Å². The second-order valence-corrected chi connectivity index (χ2v) is 5.03. The zero-order valence-corrected chi connectivity index (χ0v) is 12.2. The van der Waals surface area contributed by atoms with Gasteiger partial charge < -0.3 is 10.6 Å². The molecular weight excluding hydrogens is 260 g/mol. The number of hydrogen-bond acceptors (Lipinski definition) is 3. The van der Waals surface area contributed by atoms with Crippen molar-refractivity contribution in [2.45, 2.75) is 20.0 Å². The number of anilines is 1. The molecule has 108 valence electrons. The van der Waals surface area contributed by atoms with Crippen LogP contribution < -0.4 is 10.6 Å². The van der Waals surface area contributed by atoms with Gasteiger partial charge in [0.05, 0.1) is 0 Å². The fraction of sp³-hybridized carbons (Fsp3) is 0.235. The van der Waals surface area contributed by atoms with Crippen LogP contribution in [0.1, 0.15) is 18.1 Å². The molecule has 0 saturated carbocycles. The first kappa shape index (κ1) is 13.6. The molecule has 21 heavy (non-hydrogen) atoms. The lowest BCUT2D eigenvalue weighted by molar-refractivity contribution is 0.795. The Morgan fingerprint density at radius 3 is 2.67 bits per heavy atom. The Kier molecular flexibility index (Phi) is 3.88. The first-order valence-electron chi connectivity index (χ1n) is 7.27. The van der Waals surface area contributed by atoms with Crippen LogP contribution in [0.2, 0.25) is 0 Å². The summed E-state index contributed by atoms with van der Waals surface area (Å²) in [6.45, 7) is 4.52. The molecule has 0 aliphatic rings. The van der Waals surface area contributed by atoms with Crippen molar-refractivity contribution in [3.05, 3.63) is 66.0 Å². The van der Waals surface area contributed by atoms with Crippen molar-refractivity contribution in [2.24, 2.45) is 5.73 Å². The Morgan fingerprint density at radius 1 is 1.10 bits per heavy atom. The predicted molar refractivity (Wildman–Crippen MR) is 86.2 cm³/mol. The molecule has 0 radical (unpaired) electrons. The highest BCUT2D eigenvalue weighted by Crippen LogP contribution is 2.20. The van der Waals surface area contributed by atoms with Crippen molar-refractivity contribution >= 4 is 11.5 Å². The number of imidazole rings is 1. The number of pyridine rings is 1. The lowest BCUT2D eigenvalue weighted by Gasteiger charge is -2.25. The van der Waals surface area contributed by atoms with Gasteiger partial charge in [0.1, 0.15) is 11.5 Å². The van der Waals surface area contributed by atoms with Crippen LogP contribution in [0.4, 0.5) is 5.82 Å². The van der Waals surface area contributed by atoms with E-state index >= 15 is 0 Å². The van der Waals surface area contributed by atoms with Crippen LogP contribution in [-0.4, -0.2) is 15.9 Å². The van der Waals surface area contributed by atoms with Gasteiger partial charge in [0.15, 0.2) is 0 Å². The van der Waals surface area contributed by atoms with E-state index in [2.05, 4.69) is 51.5 Å². The molecule has 0 saturated heterocycles. The van der Waals surface area contributed by atoms with Gasteiger partial charge in [-0.15, -0.1) is 0 Å². The first-order valence-corrected chi connectivity index (χ1v) is 7.27. The van der Waals surface area contributed by atoms with Crippen LogP contribution in [0, 0.1) is 0 Å². The topological polar surface area (TPSA) is 46.6 Å². The smallest absolute Gasteiger partial charge is 0.138 e. The van der Waals surface area contributed by atoms with Crippen LogP contribution in [0.25, 0.3) is 5.65 Å². The SMILES string of the molecule is CCN(Cc1ccccc1CN)c1cccc2nccn12. The van der Waals surface area contributed by atoms with Gasteiger partial charge in [0, 0.05) is 32.0 Å². The van der Waals surface area contributed by atoms with Crippen molar-refractivity contribution in [1.29, 1.82) is 0 Å². The second kappa shape index (κ2) is 5.97. The Hall–Kier alpha value is -2.33. The molecule has 0 amide bonds. The summed E-state index contributed by atoms with van der Waals surface area (Å²) in [5.41, 5.74) is 9.30. The van der Waals surface area contributed by atoms with E-state index < -0.39 is 0 Å². The molecule has 3 aromatic rings. The molecule has 2 aromatic heterocycles. The molecule has 1 aromatic carbocycles. The number of nitrogens with zero attached hydrogens (tertiary/aromatic N) is 3. The third kappa shape index (κ3) is 2.62. The molecule has 0 aliphatic carbocycles. The van der Waals surface area contributed by atoms with Gasteiger partial charge in [0.25, 0.3) is 0 Å². The van der Waals surface area contributed by atoms with Crippen LogP contribution >= 0.6 is 0 Å². The van der Waals surface area contributed by atoms with Gasteiger partial charge in [-0.2, -0.15) is 0 Å². The van der Waals surface area contributed by atoms with Crippen molar-refractivity contribution in [3.63, 3.8) is 0 Å². The molecule has 0 spiro atoms. The predicted octanol–water partition coefficient (Wildman–Crippen LogP) is 2.82. The minimum Gasteiger partial charge on any atom is -0.354 e. The van der Waals surface area contributed by atoms with E-state index in [0.29, 0.717) is 6.54 Å². The van der Waals surface area contributed by atoms with Crippen LogP contribution in [0.5, 0.6) is 0 Å². The number of fused-ring (bicyclic) bond motifs is 1. The number of hydrogen-bond donors (Lipinski definition) is 1. The minimum atomic E-state index is 0.572. The second-order valence-electron chi connectivity index (χ2n) is 5.03. The monoisotopic (exact) mass is 280 g/mol. The summed E-state index contributed by atoms with van der Waals surface area (Å²) < 4.78 is 2.12. The van der Waals surface area contributed by atoms with E-state index in [4.69, 9.17) is 5.73 Å². The van der Waals surface area contributed by atoms with Crippen molar-refractivity contribution in [3.8, 4) is 0 Å². The maximum atomic E-state index is 5.85. The average Bonchev–Trinajstić information content (AvgIpc) is 3.01. The van der Waals surface area contributed by atoms with Gasteiger partial charge >= 0.3 is 0 Å². The summed E-state index contributed by atoms with van der Waals surface area (Å²) in [7, 11) is 0. The molecule has 2 N–H and O–H groups in total. The van der Waals surface area contributed by atoms with Gasteiger partial charge in [-0.25, -0.2) is 4.98 Å². The lowest BCUT2D eigenvalue weighted by Crippen LogP contribution is -2.25. The van der Waals surface area contributed by atoms with E-state index in [1.165, 1.54) is 11.1 Å². The fourth-order valence-corrected chi connectivity index (χ4v) is 2.66. The van der Waals surface area contributed by atoms with E-state index in [0.717, 1.165) is 24.6 Å². The highest BCUT2D eigenvalue weighted by Gasteiger charge is 2.11. The summed E-state index contributed by atoms with van der Waals surface area (Å²) in [6.07, 6.45) is 3.84. The van der Waals surface area contributed by atoms with Gasteiger partial charge in [-0.3, -0.25) is 4.40 Å². The molecule has 0 unspecified atom stereocenters. The molecule has 0 aliphatic heterocycles. The summed E-state index contributed by atoms with van der Waals surface area (Å²) in [5, 5.41) is 0. The maximum Gasteiger partial charge on any atom is 0.138 e. The summed E-state index contributed by atoms with van der Waals surface area (Å²) in [5.74, 6) is 1.15. The maximum absolute atomic E-state index is 5.85. The van der Waals surface area contributed by atoms with E-state index in [1.54, 1.807) is 0 Å². The molecule has 4 heteroatoms. The highest BCUT2D eigenvalue weighted by atomic mass is 15.2. The number of nitrogens with two attached hydrogens (primary N) is 1. The molecule has 0 atom stereocenters. The summed E-state index contributed by atoms with van der Waals surface area (Å²) in [4.78, 5) is 6.69. The Balaban J connectivity index is 1.97. The van der Waals surface area contributed by atoms with Gasteiger partial charge in [-0.05, 0) is 30.2 Å². The normalized spacial score (nSPS) is 11.0. The van der Waals surface area contributed by atoms with Crippen molar-refractivity contribution in [1.82, 2.24) is 9.38 Å². The molecule has 4 nitrogen and oxygen atoms in total. The summed E-state index contributed by atoms with van der Waals surface area (Å²) >= 11 is 0. The molecule has 0 bridgehead atoms. The third-order valence-corrected chi connectivity index (χ3v) is 3.81. The minimum absolute atomic E-state index is 0.572. The Morgan fingerprint density at radius 2 is 1.90 bits per heavy atom. The van der Waals surface area contributed by atoms with E-state index in [9.17, 15) is 0 Å². The lowest BCUT2D eigenvalue weighted by atomic mass is 10.1. The highest BCUT2D eigenvalue weighted by molar-refractivity contribution is 5.52. The fourth-order valence-electron chi connectivity index (χ4n) is 2.66. The number of aromatic nitrogens is 2. The van der Waals surface area contributed by atoms with Gasteiger partial charge in [-0.1, -0.05) is 30.3 Å². The van der Waals surface area contributed by atoms with Crippen LogP contribution in [0.15, 0.2) is 54.9 Å². The van der Waals surface area contributed by atoms with Crippen molar-refractivity contribution in [2.75, 3.05) is 11.4 Å². The van der Waals surface area contributed by atoms with Crippen molar-refractivity contribution < 1.29 is 0 Å². The van der Waals surface area contributed by atoms with Crippen LogP contribution in [-0.2, 0) is 13.1 Å². The quantitative estimate of drug-likeness (QED) is 0.781. The molecule has 2 heterocycles. The standard InChI is InChI=1S/C17H20N4/c1-2-20(13-15-7-4-3-6-14(15)12-18)17-9-5-8-16-19-10-11-21(16)17/h3-11H,2,12-13,18H2,1H3. The molecular formula is C17H20N4. The Bertz CT molecular complexity index is 732. The van der Waals surface area contributed by atoms with Gasteiger partial charge in [0.2, 0.25) is 0 Å². The van der Waals surface area contributed by atoms with Crippen LogP contribution in [0.3, 0.4) is 0 Å².